The molecule has 1 aromatic carbocycles. The van der Waals surface area contributed by atoms with Crippen molar-refractivity contribution < 1.29 is 4.79 Å². The molecule has 0 radical (unpaired) electrons. The zero-order chi connectivity index (χ0) is 21.2. The molecule has 1 saturated heterocycles. The Morgan fingerprint density at radius 1 is 1.00 bits per heavy atom. The Morgan fingerprint density at radius 3 is 2.58 bits per heavy atom. The molecule has 1 amide bonds. The van der Waals surface area contributed by atoms with E-state index in [-0.39, 0.29) is 11.8 Å². The van der Waals surface area contributed by atoms with Crippen molar-refractivity contribution in [2.45, 2.75) is 38.0 Å². The minimum Gasteiger partial charge on any atom is -0.342 e. The van der Waals surface area contributed by atoms with Crippen LogP contribution in [0.15, 0.2) is 61.1 Å². The normalized spacial score (nSPS) is 18.7. The standard InChI is InChI=1S/C26H26ClN3O/c27-22-5-6-23-21(17-22)4-3-20-2-1-11-29-26(20)25(23)19-9-14-30(15-10-19)24(31)16-18-7-12-28-13-8-18/h1-2,5-8,11-13,17,19,25H,3-4,9-10,14-16H2. The van der Waals surface area contributed by atoms with Crippen molar-refractivity contribution in [3.63, 3.8) is 0 Å². The third kappa shape index (κ3) is 4.22. The van der Waals surface area contributed by atoms with Crippen molar-refractivity contribution in [1.82, 2.24) is 14.9 Å². The smallest absolute Gasteiger partial charge is 0.226 e. The van der Waals surface area contributed by atoms with Gasteiger partial charge in [0.15, 0.2) is 0 Å². The van der Waals surface area contributed by atoms with Crippen LogP contribution in [0.5, 0.6) is 0 Å². The lowest BCUT2D eigenvalue weighted by Crippen LogP contribution is -2.40. The Hall–Kier alpha value is -2.72. The van der Waals surface area contributed by atoms with Gasteiger partial charge in [-0.3, -0.25) is 14.8 Å². The first kappa shape index (κ1) is 20.2. The molecule has 2 aromatic heterocycles. The summed E-state index contributed by atoms with van der Waals surface area (Å²) in [5, 5.41) is 0.799. The monoisotopic (exact) mass is 431 g/mol. The van der Waals surface area contributed by atoms with Crippen LogP contribution in [0, 0.1) is 5.92 Å². The second kappa shape index (κ2) is 8.80. The van der Waals surface area contributed by atoms with Gasteiger partial charge >= 0.3 is 0 Å². The summed E-state index contributed by atoms with van der Waals surface area (Å²) in [5.74, 6) is 0.941. The van der Waals surface area contributed by atoms with Crippen molar-refractivity contribution in [1.29, 1.82) is 0 Å². The maximum atomic E-state index is 12.8. The summed E-state index contributed by atoms with van der Waals surface area (Å²) in [5.41, 5.74) is 6.28. The van der Waals surface area contributed by atoms with Crippen LogP contribution in [0.1, 0.15) is 46.7 Å². The lowest BCUT2D eigenvalue weighted by molar-refractivity contribution is -0.131. The Labute approximate surface area is 188 Å². The van der Waals surface area contributed by atoms with Gasteiger partial charge < -0.3 is 4.90 Å². The number of hydrogen-bond acceptors (Lipinski definition) is 3. The van der Waals surface area contributed by atoms with E-state index in [0.717, 1.165) is 49.4 Å². The van der Waals surface area contributed by atoms with Crippen LogP contribution in [0.4, 0.5) is 0 Å². The molecule has 5 heteroatoms. The number of carbonyl (C=O) groups is 1. The van der Waals surface area contributed by atoms with Gasteiger partial charge in [-0.2, -0.15) is 0 Å². The molecule has 0 bridgehead atoms. The fourth-order valence-electron chi connectivity index (χ4n) is 5.20. The van der Waals surface area contributed by atoms with Crippen LogP contribution in [-0.4, -0.2) is 33.9 Å². The lowest BCUT2D eigenvalue weighted by Gasteiger charge is -2.37. The van der Waals surface area contributed by atoms with Gasteiger partial charge in [0.05, 0.1) is 12.1 Å². The van der Waals surface area contributed by atoms with E-state index < -0.39 is 0 Å². The highest BCUT2D eigenvalue weighted by Gasteiger charge is 2.34. The number of rotatable bonds is 3. The van der Waals surface area contributed by atoms with Crippen molar-refractivity contribution >= 4 is 17.5 Å². The van der Waals surface area contributed by atoms with Gasteiger partial charge in [0.2, 0.25) is 5.91 Å². The van der Waals surface area contributed by atoms with Gasteiger partial charge in [0, 0.05) is 42.6 Å². The number of likely N-dealkylation sites (tertiary alicyclic amines) is 1. The molecule has 1 unspecified atom stereocenters. The van der Waals surface area contributed by atoms with Crippen molar-refractivity contribution in [3.05, 3.63) is 94.0 Å². The second-order valence-corrected chi connectivity index (χ2v) is 9.06. The number of nitrogens with zero attached hydrogens (tertiary/aromatic N) is 3. The highest BCUT2D eigenvalue weighted by molar-refractivity contribution is 6.30. The molecular formula is C26H26ClN3O. The molecule has 3 aromatic rings. The molecule has 1 aliphatic carbocycles. The molecule has 0 spiro atoms. The molecule has 0 saturated carbocycles. The summed E-state index contributed by atoms with van der Waals surface area (Å²) in [6, 6.07) is 14.4. The molecule has 1 fully saturated rings. The average Bonchev–Trinajstić information content (AvgIpc) is 2.96. The molecule has 2 aliphatic rings. The van der Waals surface area contributed by atoms with Crippen molar-refractivity contribution in [2.75, 3.05) is 13.1 Å². The lowest BCUT2D eigenvalue weighted by atomic mass is 9.76. The predicted molar refractivity (Wildman–Crippen MR) is 122 cm³/mol. The molecule has 4 nitrogen and oxygen atoms in total. The number of piperidine rings is 1. The van der Waals surface area contributed by atoms with Gasteiger partial charge in [-0.05, 0) is 84.2 Å². The molecule has 1 atom stereocenters. The summed E-state index contributed by atoms with van der Waals surface area (Å²) in [7, 11) is 0. The molecule has 31 heavy (non-hydrogen) atoms. The SMILES string of the molecule is O=C(Cc1ccncc1)N1CCC(C2c3ccc(Cl)cc3CCc3cccnc32)CC1. The van der Waals surface area contributed by atoms with Crippen LogP contribution in [0.3, 0.4) is 0 Å². The topological polar surface area (TPSA) is 46.1 Å². The first-order valence-electron chi connectivity index (χ1n) is 11.1. The van der Waals surface area contributed by atoms with E-state index in [1.807, 2.05) is 35.4 Å². The number of fused-ring (bicyclic) bond motifs is 2. The number of pyridine rings is 2. The summed E-state index contributed by atoms with van der Waals surface area (Å²) in [6.07, 6.45) is 9.83. The van der Waals surface area contributed by atoms with Crippen LogP contribution < -0.4 is 0 Å². The van der Waals surface area contributed by atoms with Crippen molar-refractivity contribution in [2.24, 2.45) is 5.92 Å². The predicted octanol–water partition coefficient (Wildman–Crippen LogP) is 4.84. The third-order valence-electron chi connectivity index (χ3n) is 6.79. The maximum Gasteiger partial charge on any atom is 0.226 e. The fraction of sp³-hybridized carbons (Fsp3) is 0.346. The molecule has 0 N–H and O–H groups in total. The fourth-order valence-corrected chi connectivity index (χ4v) is 5.39. The first-order valence-corrected chi connectivity index (χ1v) is 11.5. The van der Waals surface area contributed by atoms with E-state index in [1.54, 1.807) is 12.4 Å². The van der Waals surface area contributed by atoms with E-state index in [1.165, 1.54) is 22.4 Å². The number of carbonyl (C=O) groups excluding carboxylic acids is 1. The quantitative estimate of drug-likeness (QED) is 0.596. The van der Waals surface area contributed by atoms with Crippen LogP contribution >= 0.6 is 11.6 Å². The maximum absolute atomic E-state index is 12.8. The van der Waals surface area contributed by atoms with E-state index in [9.17, 15) is 4.79 Å². The Balaban J connectivity index is 1.37. The van der Waals surface area contributed by atoms with Crippen LogP contribution in [0.2, 0.25) is 5.02 Å². The summed E-state index contributed by atoms with van der Waals surface area (Å²) < 4.78 is 0. The van der Waals surface area contributed by atoms with E-state index in [0.29, 0.717) is 12.3 Å². The van der Waals surface area contributed by atoms with E-state index in [2.05, 4.69) is 23.2 Å². The largest absolute Gasteiger partial charge is 0.342 e. The zero-order valence-corrected chi connectivity index (χ0v) is 18.3. The second-order valence-electron chi connectivity index (χ2n) is 8.62. The van der Waals surface area contributed by atoms with E-state index in [4.69, 9.17) is 16.6 Å². The van der Waals surface area contributed by atoms with Gasteiger partial charge in [-0.1, -0.05) is 23.7 Å². The number of hydrogen-bond donors (Lipinski definition) is 0. The summed E-state index contributed by atoms with van der Waals surface area (Å²) in [4.78, 5) is 23.7. The minimum atomic E-state index is 0.205. The van der Waals surface area contributed by atoms with Crippen molar-refractivity contribution in [3.8, 4) is 0 Å². The first-order chi connectivity index (χ1) is 15.2. The number of benzene rings is 1. The summed E-state index contributed by atoms with van der Waals surface area (Å²) >= 11 is 6.33. The highest BCUT2D eigenvalue weighted by Crippen LogP contribution is 2.42. The zero-order valence-electron chi connectivity index (χ0n) is 17.5. The Morgan fingerprint density at radius 2 is 1.77 bits per heavy atom. The summed E-state index contributed by atoms with van der Waals surface area (Å²) in [6.45, 7) is 1.60. The van der Waals surface area contributed by atoms with E-state index >= 15 is 0 Å². The number of aryl methyl sites for hydroxylation is 2. The van der Waals surface area contributed by atoms with Crippen LogP contribution in [0.25, 0.3) is 0 Å². The number of amides is 1. The average molecular weight is 432 g/mol. The Kier molecular flexibility index (Phi) is 5.73. The van der Waals surface area contributed by atoms with Gasteiger partial charge in [0.25, 0.3) is 0 Å². The highest BCUT2D eigenvalue weighted by atomic mass is 35.5. The molecule has 1 aliphatic heterocycles. The van der Waals surface area contributed by atoms with Gasteiger partial charge in [0.1, 0.15) is 0 Å². The minimum absolute atomic E-state index is 0.205. The molecular weight excluding hydrogens is 406 g/mol. The molecule has 5 rings (SSSR count). The van der Waals surface area contributed by atoms with Crippen LogP contribution in [-0.2, 0) is 24.1 Å². The molecule has 158 valence electrons. The number of aromatic nitrogens is 2. The Bertz CT molecular complexity index is 1080. The number of halogens is 1. The molecule has 3 heterocycles. The third-order valence-corrected chi connectivity index (χ3v) is 7.03. The van der Waals surface area contributed by atoms with Gasteiger partial charge in [-0.15, -0.1) is 0 Å². The van der Waals surface area contributed by atoms with Gasteiger partial charge in [-0.25, -0.2) is 0 Å².